The molecule has 3 N–H and O–H groups in total. The average Bonchev–Trinajstić information content (AvgIpc) is 2.30. The number of nitrogens with one attached hydrogen (secondary N) is 1. The Bertz CT molecular complexity index is 426. The normalized spacial score (nSPS) is 14.1. The highest BCUT2D eigenvalue weighted by molar-refractivity contribution is 5.84. The van der Waals surface area contributed by atoms with Crippen LogP contribution in [0.25, 0.3) is 0 Å². The molecule has 0 saturated heterocycles. The average molecular weight is 244 g/mol. The lowest BCUT2D eigenvalue weighted by Gasteiger charge is -2.25. The first-order valence-corrected chi connectivity index (χ1v) is 4.96. The molecule has 0 aromatic heterocycles. The van der Waals surface area contributed by atoms with Crippen LogP contribution in [0.3, 0.4) is 0 Å². The summed E-state index contributed by atoms with van der Waals surface area (Å²) in [6.07, 6.45) is 0. The monoisotopic (exact) mass is 244 g/mol. The van der Waals surface area contributed by atoms with Crippen LogP contribution in [0, 0.1) is 11.6 Å². The molecule has 0 bridgehead atoms. The van der Waals surface area contributed by atoms with Gasteiger partial charge in [-0.05, 0) is 26.1 Å². The highest BCUT2D eigenvalue weighted by Crippen LogP contribution is 2.16. The molecule has 1 atom stereocenters. The SMILES string of the molecule is CNC(C)(COc1ccc(F)c(F)c1)C(N)=O. The Morgan fingerprint density at radius 2 is 2.12 bits per heavy atom. The fourth-order valence-electron chi connectivity index (χ4n) is 1.06. The lowest BCUT2D eigenvalue weighted by Crippen LogP contribution is -2.55. The molecule has 0 aliphatic carbocycles. The van der Waals surface area contributed by atoms with Gasteiger partial charge in [0.1, 0.15) is 17.9 Å². The Labute approximate surface area is 97.8 Å². The van der Waals surface area contributed by atoms with Gasteiger partial charge in [0, 0.05) is 6.07 Å². The summed E-state index contributed by atoms with van der Waals surface area (Å²) in [6, 6.07) is 3.13. The van der Waals surface area contributed by atoms with E-state index in [0.717, 1.165) is 12.1 Å². The summed E-state index contributed by atoms with van der Waals surface area (Å²) in [6.45, 7) is 1.47. The number of primary amides is 1. The van der Waals surface area contributed by atoms with Gasteiger partial charge in [0.15, 0.2) is 11.6 Å². The van der Waals surface area contributed by atoms with Crippen molar-refractivity contribution in [2.24, 2.45) is 5.73 Å². The highest BCUT2D eigenvalue weighted by Gasteiger charge is 2.30. The van der Waals surface area contributed by atoms with Crippen LogP contribution >= 0.6 is 0 Å². The molecular weight excluding hydrogens is 230 g/mol. The van der Waals surface area contributed by atoms with Gasteiger partial charge in [-0.25, -0.2) is 8.78 Å². The van der Waals surface area contributed by atoms with Crippen LogP contribution in [0.2, 0.25) is 0 Å². The number of benzene rings is 1. The number of ether oxygens (including phenoxy) is 1. The largest absolute Gasteiger partial charge is 0.491 e. The number of rotatable bonds is 5. The van der Waals surface area contributed by atoms with E-state index in [1.807, 2.05) is 0 Å². The van der Waals surface area contributed by atoms with E-state index in [1.54, 1.807) is 14.0 Å². The maximum absolute atomic E-state index is 12.9. The molecule has 17 heavy (non-hydrogen) atoms. The Kier molecular flexibility index (Phi) is 4.01. The van der Waals surface area contributed by atoms with Crippen molar-refractivity contribution in [3.63, 3.8) is 0 Å². The van der Waals surface area contributed by atoms with Crippen LogP contribution in [-0.2, 0) is 4.79 Å². The number of likely N-dealkylation sites (N-methyl/N-ethyl adjacent to an activating group) is 1. The third-order valence-electron chi connectivity index (χ3n) is 2.51. The molecule has 1 rings (SSSR count). The lowest BCUT2D eigenvalue weighted by atomic mass is 10.0. The second-order valence-corrected chi connectivity index (χ2v) is 3.81. The summed E-state index contributed by atoms with van der Waals surface area (Å²) in [5, 5.41) is 2.71. The van der Waals surface area contributed by atoms with Gasteiger partial charge in [-0.1, -0.05) is 0 Å². The molecule has 1 unspecified atom stereocenters. The Morgan fingerprint density at radius 1 is 1.47 bits per heavy atom. The van der Waals surface area contributed by atoms with Crippen molar-refractivity contribution >= 4 is 5.91 Å². The van der Waals surface area contributed by atoms with Gasteiger partial charge in [-0.15, -0.1) is 0 Å². The van der Waals surface area contributed by atoms with E-state index in [1.165, 1.54) is 6.07 Å². The van der Waals surface area contributed by atoms with Crippen LogP contribution in [0.15, 0.2) is 18.2 Å². The molecule has 0 aliphatic heterocycles. The maximum Gasteiger partial charge on any atom is 0.240 e. The minimum atomic E-state index is -1.06. The summed E-state index contributed by atoms with van der Waals surface area (Å²) in [5.41, 5.74) is 4.12. The minimum absolute atomic E-state index is 0.0795. The molecule has 6 heteroatoms. The molecular formula is C11H14F2N2O2. The van der Waals surface area contributed by atoms with E-state index >= 15 is 0 Å². The zero-order chi connectivity index (χ0) is 13.1. The molecule has 0 saturated carbocycles. The van der Waals surface area contributed by atoms with Gasteiger partial charge in [0.2, 0.25) is 5.91 Å². The van der Waals surface area contributed by atoms with Crippen LogP contribution < -0.4 is 15.8 Å². The van der Waals surface area contributed by atoms with E-state index in [-0.39, 0.29) is 12.4 Å². The lowest BCUT2D eigenvalue weighted by molar-refractivity contribution is -0.124. The van der Waals surface area contributed by atoms with E-state index in [0.29, 0.717) is 0 Å². The number of carbonyl (C=O) groups excluding carboxylic acids is 1. The molecule has 1 amide bonds. The van der Waals surface area contributed by atoms with E-state index in [2.05, 4.69) is 5.32 Å². The van der Waals surface area contributed by atoms with Crippen molar-refractivity contribution in [3.8, 4) is 5.75 Å². The molecule has 4 nitrogen and oxygen atoms in total. The number of hydrogen-bond donors (Lipinski definition) is 2. The van der Waals surface area contributed by atoms with E-state index in [4.69, 9.17) is 10.5 Å². The Balaban J connectivity index is 2.73. The molecule has 0 radical (unpaired) electrons. The molecule has 94 valence electrons. The summed E-state index contributed by atoms with van der Waals surface area (Å²) >= 11 is 0. The van der Waals surface area contributed by atoms with Crippen molar-refractivity contribution in [2.75, 3.05) is 13.7 Å². The van der Waals surface area contributed by atoms with Gasteiger partial charge in [0.25, 0.3) is 0 Å². The third-order valence-corrected chi connectivity index (χ3v) is 2.51. The fraction of sp³-hybridized carbons (Fsp3) is 0.364. The Hall–Kier alpha value is -1.69. The van der Waals surface area contributed by atoms with Crippen LogP contribution in [-0.4, -0.2) is 25.1 Å². The molecule has 0 fully saturated rings. The Morgan fingerprint density at radius 3 is 2.59 bits per heavy atom. The molecule has 1 aromatic rings. The second-order valence-electron chi connectivity index (χ2n) is 3.81. The maximum atomic E-state index is 12.9. The summed E-state index contributed by atoms with van der Waals surface area (Å²) < 4.78 is 30.7. The van der Waals surface area contributed by atoms with Gasteiger partial charge >= 0.3 is 0 Å². The van der Waals surface area contributed by atoms with E-state index in [9.17, 15) is 13.6 Å². The predicted molar refractivity (Wildman–Crippen MR) is 58.5 cm³/mol. The van der Waals surface area contributed by atoms with Crippen molar-refractivity contribution < 1.29 is 18.3 Å². The number of nitrogens with two attached hydrogens (primary N) is 1. The zero-order valence-electron chi connectivity index (χ0n) is 9.59. The second kappa shape index (κ2) is 5.09. The molecule has 0 heterocycles. The smallest absolute Gasteiger partial charge is 0.240 e. The van der Waals surface area contributed by atoms with Gasteiger partial charge in [0.05, 0.1) is 0 Å². The topological polar surface area (TPSA) is 64.3 Å². The van der Waals surface area contributed by atoms with Gasteiger partial charge < -0.3 is 15.8 Å². The minimum Gasteiger partial charge on any atom is -0.491 e. The standard InChI is InChI=1S/C11H14F2N2O2/c1-11(15-2,10(14)16)6-17-7-3-4-8(12)9(13)5-7/h3-5,15H,6H2,1-2H3,(H2,14,16). The number of amides is 1. The van der Waals surface area contributed by atoms with Gasteiger partial charge in [-0.3, -0.25) is 4.79 Å². The van der Waals surface area contributed by atoms with Gasteiger partial charge in [-0.2, -0.15) is 0 Å². The quantitative estimate of drug-likeness (QED) is 0.805. The number of hydrogen-bond acceptors (Lipinski definition) is 3. The van der Waals surface area contributed by atoms with Crippen molar-refractivity contribution in [1.82, 2.24) is 5.32 Å². The summed E-state index contributed by atoms with van der Waals surface area (Å²) in [4.78, 5) is 11.1. The first kappa shape index (κ1) is 13.4. The van der Waals surface area contributed by atoms with Crippen molar-refractivity contribution in [3.05, 3.63) is 29.8 Å². The van der Waals surface area contributed by atoms with Crippen molar-refractivity contribution in [1.29, 1.82) is 0 Å². The van der Waals surface area contributed by atoms with Crippen molar-refractivity contribution in [2.45, 2.75) is 12.5 Å². The third kappa shape index (κ3) is 3.13. The fourth-order valence-corrected chi connectivity index (χ4v) is 1.06. The highest BCUT2D eigenvalue weighted by atomic mass is 19.2. The predicted octanol–water partition coefficient (Wildman–Crippen LogP) is 0.807. The number of halogens is 2. The first-order chi connectivity index (χ1) is 7.89. The first-order valence-electron chi connectivity index (χ1n) is 4.96. The molecule has 0 aliphatic rings. The van der Waals surface area contributed by atoms with E-state index < -0.39 is 23.1 Å². The number of carbonyl (C=O) groups is 1. The molecule has 0 spiro atoms. The van der Waals surface area contributed by atoms with Crippen LogP contribution in [0.1, 0.15) is 6.92 Å². The molecule has 1 aromatic carbocycles. The zero-order valence-corrected chi connectivity index (χ0v) is 9.59. The summed E-state index contributed by atoms with van der Waals surface area (Å²) in [5.74, 6) is -2.43. The summed E-state index contributed by atoms with van der Waals surface area (Å²) in [7, 11) is 1.55. The van der Waals surface area contributed by atoms with Crippen LogP contribution in [0.5, 0.6) is 5.75 Å². The van der Waals surface area contributed by atoms with Crippen LogP contribution in [0.4, 0.5) is 8.78 Å².